The van der Waals surface area contributed by atoms with E-state index < -0.39 is 5.60 Å². The molecule has 0 bridgehead atoms. The highest BCUT2D eigenvalue weighted by Crippen LogP contribution is 2.14. The summed E-state index contributed by atoms with van der Waals surface area (Å²) in [4.78, 5) is 4.47. The summed E-state index contributed by atoms with van der Waals surface area (Å²) in [6.07, 6.45) is 2.57. The molecule has 0 amide bonds. The molecule has 1 aromatic heterocycles. The molecule has 4 heteroatoms. The van der Waals surface area contributed by atoms with E-state index >= 15 is 0 Å². The van der Waals surface area contributed by atoms with Gasteiger partial charge in [-0.05, 0) is 19.3 Å². The van der Waals surface area contributed by atoms with Gasteiger partial charge in [0.15, 0.2) is 0 Å². The Morgan fingerprint density at radius 2 is 2.06 bits per heavy atom. The lowest BCUT2D eigenvalue weighted by atomic mass is 9.98. The molecule has 0 unspecified atom stereocenters. The van der Waals surface area contributed by atoms with Gasteiger partial charge < -0.3 is 10.4 Å². The Morgan fingerprint density at radius 3 is 2.56 bits per heavy atom. The van der Waals surface area contributed by atoms with Gasteiger partial charge in [0.2, 0.25) is 0 Å². The lowest BCUT2D eigenvalue weighted by Gasteiger charge is -2.25. The summed E-state index contributed by atoms with van der Waals surface area (Å²) in [6.45, 7) is 7.53. The van der Waals surface area contributed by atoms with E-state index in [1.807, 2.05) is 13.8 Å². The second kappa shape index (κ2) is 6.33. The number of nitrogens with zero attached hydrogens (tertiary/aromatic N) is 1. The highest BCUT2D eigenvalue weighted by atomic mass is 32.1. The average molecular weight is 242 g/mol. The maximum absolute atomic E-state index is 10.1. The van der Waals surface area contributed by atoms with Crippen LogP contribution in [-0.2, 0) is 13.0 Å². The van der Waals surface area contributed by atoms with Gasteiger partial charge in [0.25, 0.3) is 0 Å². The van der Waals surface area contributed by atoms with Gasteiger partial charge in [-0.3, -0.25) is 0 Å². The summed E-state index contributed by atoms with van der Waals surface area (Å²) in [5, 5.41) is 16.6. The van der Waals surface area contributed by atoms with Crippen molar-refractivity contribution in [2.45, 2.75) is 52.2 Å². The van der Waals surface area contributed by atoms with E-state index in [4.69, 9.17) is 0 Å². The van der Waals surface area contributed by atoms with Gasteiger partial charge in [-0.1, -0.05) is 20.8 Å². The topological polar surface area (TPSA) is 45.2 Å². The molecule has 0 saturated heterocycles. The fraction of sp³-hybridized carbons (Fsp3) is 0.750. The van der Waals surface area contributed by atoms with Crippen molar-refractivity contribution in [2.75, 3.05) is 6.54 Å². The van der Waals surface area contributed by atoms with Crippen LogP contribution in [0.2, 0.25) is 0 Å². The average Bonchev–Trinajstić information content (AvgIpc) is 2.77. The summed E-state index contributed by atoms with van der Waals surface area (Å²) >= 11 is 1.71. The molecule has 1 rings (SSSR count). The van der Waals surface area contributed by atoms with Gasteiger partial charge in [-0.2, -0.15) is 0 Å². The maximum atomic E-state index is 10.1. The van der Waals surface area contributed by atoms with Crippen molar-refractivity contribution in [1.82, 2.24) is 10.3 Å². The predicted octanol–water partition coefficient (Wildman–Crippen LogP) is 2.35. The number of rotatable bonds is 7. The Labute approximate surface area is 102 Å². The minimum Gasteiger partial charge on any atom is -0.389 e. The predicted molar refractivity (Wildman–Crippen MR) is 68.7 cm³/mol. The van der Waals surface area contributed by atoms with Crippen LogP contribution in [0.15, 0.2) is 5.38 Å². The Morgan fingerprint density at radius 1 is 1.38 bits per heavy atom. The van der Waals surface area contributed by atoms with Gasteiger partial charge in [-0.25, -0.2) is 4.98 Å². The first-order valence-electron chi connectivity index (χ1n) is 6.00. The summed E-state index contributed by atoms with van der Waals surface area (Å²) in [6, 6.07) is 0. The fourth-order valence-electron chi connectivity index (χ4n) is 1.52. The van der Waals surface area contributed by atoms with Crippen LogP contribution in [0, 0.1) is 0 Å². The van der Waals surface area contributed by atoms with Crippen LogP contribution in [0.3, 0.4) is 0 Å². The Bertz CT molecular complexity index is 308. The zero-order valence-corrected chi connectivity index (χ0v) is 11.2. The van der Waals surface area contributed by atoms with Crippen LogP contribution >= 0.6 is 11.3 Å². The lowest BCUT2D eigenvalue weighted by molar-refractivity contribution is 0.0322. The van der Waals surface area contributed by atoms with Crippen molar-refractivity contribution < 1.29 is 5.11 Å². The Kier molecular flexibility index (Phi) is 5.38. The van der Waals surface area contributed by atoms with Crippen molar-refractivity contribution in [2.24, 2.45) is 0 Å². The monoisotopic (exact) mass is 242 g/mol. The first kappa shape index (κ1) is 13.6. The lowest BCUT2D eigenvalue weighted by Crippen LogP contribution is -2.39. The van der Waals surface area contributed by atoms with Crippen molar-refractivity contribution in [3.8, 4) is 0 Å². The third-order valence-corrected chi connectivity index (χ3v) is 4.02. The van der Waals surface area contributed by atoms with E-state index in [0.717, 1.165) is 31.5 Å². The van der Waals surface area contributed by atoms with Crippen LogP contribution in [0.5, 0.6) is 0 Å². The molecular weight excluding hydrogens is 220 g/mol. The number of nitrogens with one attached hydrogen (secondary N) is 1. The molecule has 0 atom stereocenters. The number of aryl methyl sites for hydroxylation is 1. The summed E-state index contributed by atoms with van der Waals surface area (Å²) in [5.74, 6) is 0. The van der Waals surface area contributed by atoms with Crippen molar-refractivity contribution in [3.05, 3.63) is 16.1 Å². The molecule has 16 heavy (non-hydrogen) atoms. The number of aliphatic hydroxyl groups is 1. The van der Waals surface area contributed by atoms with Gasteiger partial charge in [-0.15, -0.1) is 11.3 Å². The summed E-state index contributed by atoms with van der Waals surface area (Å²) in [7, 11) is 0. The van der Waals surface area contributed by atoms with Crippen molar-refractivity contribution >= 4 is 11.3 Å². The van der Waals surface area contributed by atoms with E-state index in [1.165, 1.54) is 5.01 Å². The largest absolute Gasteiger partial charge is 0.389 e. The van der Waals surface area contributed by atoms with Crippen LogP contribution in [0.25, 0.3) is 0 Å². The molecule has 1 aromatic rings. The van der Waals surface area contributed by atoms with E-state index in [0.29, 0.717) is 6.54 Å². The third-order valence-electron chi connectivity index (χ3n) is 2.98. The molecule has 1 heterocycles. The second-order valence-electron chi connectivity index (χ2n) is 4.12. The molecule has 0 aromatic carbocycles. The van der Waals surface area contributed by atoms with Gasteiger partial charge >= 0.3 is 0 Å². The highest BCUT2D eigenvalue weighted by Gasteiger charge is 2.21. The molecule has 0 aliphatic rings. The van der Waals surface area contributed by atoms with Crippen LogP contribution in [0.1, 0.15) is 44.3 Å². The smallest absolute Gasteiger partial charge is 0.0926 e. The molecule has 0 aliphatic carbocycles. The van der Waals surface area contributed by atoms with Crippen LogP contribution < -0.4 is 5.32 Å². The van der Waals surface area contributed by atoms with Crippen LogP contribution in [0.4, 0.5) is 0 Å². The standard InChI is InChI=1S/C12H22N2OS/c1-4-11-14-10(8-16-11)7-13-9-12(15,5-2)6-3/h8,13,15H,4-7,9H2,1-3H3. The van der Waals surface area contributed by atoms with E-state index in [1.54, 1.807) is 11.3 Å². The van der Waals surface area contributed by atoms with Gasteiger partial charge in [0.1, 0.15) is 0 Å². The molecule has 0 radical (unpaired) electrons. The minimum absolute atomic E-state index is 0.566. The molecule has 0 spiro atoms. The Balaban J connectivity index is 2.35. The molecule has 0 saturated carbocycles. The van der Waals surface area contributed by atoms with Crippen molar-refractivity contribution in [1.29, 1.82) is 0 Å². The molecule has 0 aliphatic heterocycles. The zero-order chi connectivity index (χ0) is 12.0. The van der Waals surface area contributed by atoms with Gasteiger partial charge in [0, 0.05) is 18.5 Å². The first-order valence-corrected chi connectivity index (χ1v) is 6.88. The minimum atomic E-state index is -0.566. The molecule has 0 fully saturated rings. The normalized spacial score (nSPS) is 12.0. The van der Waals surface area contributed by atoms with E-state index in [-0.39, 0.29) is 0 Å². The molecule has 2 N–H and O–H groups in total. The number of aromatic nitrogens is 1. The third kappa shape index (κ3) is 3.85. The number of hydrogen-bond acceptors (Lipinski definition) is 4. The van der Waals surface area contributed by atoms with E-state index in [9.17, 15) is 5.11 Å². The Hall–Kier alpha value is -0.450. The van der Waals surface area contributed by atoms with Crippen LogP contribution in [-0.4, -0.2) is 22.2 Å². The first-order chi connectivity index (χ1) is 7.63. The number of hydrogen-bond donors (Lipinski definition) is 2. The molecule has 3 nitrogen and oxygen atoms in total. The van der Waals surface area contributed by atoms with Gasteiger partial charge in [0.05, 0.1) is 16.3 Å². The number of thiazole rings is 1. The second-order valence-corrected chi connectivity index (χ2v) is 5.06. The fourth-order valence-corrected chi connectivity index (χ4v) is 2.26. The molecular formula is C12H22N2OS. The molecule has 92 valence electrons. The zero-order valence-electron chi connectivity index (χ0n) is 10.4. The van der Waals surface area contributed by atoms with E-state index in [2.05, 4.69) is 22.6 Å². The SMILES string of the molecule is CCc1nc(CNCC(O)(CC)CC)cs1. The highest BCUT2D eigenvalue weighted by molar-refractivity contribution is 7.09. The quantitative estimate of drug-likeness (QED) is 0.771. The summed E-state index contributed by atoms with van der Waals surface area (Å²) in [5.41, 5.74) is 0.514. The summed E-state index contributed by atoms with van der Waals surface area (Å²) < 4.78 is 0. The van der Waals surface area contributed by atoms with Crippen molar-refractivity contribution in [3.63, 3.8) is 0 Å². The maximum Gasteiger partial charge on any atom is 0.0926 e.